The molecular formula is C13H10ClNO2. The van der Waals surface area contributed by atoms with Crippen LogP contribution in [-0.2, 0) is 0 Å². The van der Waals surface area contributed by atoms with Gasteiger partial charge in [-0.05, 0) is 24.3 Å². The van der Waals surface area contributed by atoms with Gasteiger partial charge in [0.25, 0.3) is 5.91 Å². The van der Waals surface area contributed by atoms with Crippen LogP contribution in [0.4, 0.5) is 5.69 Å². The Bertz CT molecular complexity index is 555. The number of anilines is 1. The number of aromatic hydroxyl groups is 1. The first-order chi connectivity index (χ1) is 8.18. The highest BCUT2D eigenvalue weighted by atomic mass is 35.5. The van der Waals surface area contributed by atoms with Crippen molar-refractivity contribution in [2.24, 2.45) is 0 Å². The molecule has 0 atom stereocenters. The van der Waals surface area contributed by atoms with Crippen molar-refractivity contribution >= 4 is 23.2 Å². The van der Waals surface area contributed by atoms with Crippen molar-refractivity contribution in [3.63, 3.8) is 0 Å². The quantitative estimate of drug-likeness (QED) is 0.856. The first-order valence-electron chi connectivity index (χ1n) is 5.02. The molecule has 0 saturated carbocycles. The molecule has 2 N–H and O–H groups in total. The van der Waals surface area contributed by atoms with Gasteiger partial charge in [0.05, 0.1) is 16.3 Å². The summed E-state index contributed by atoms with van der Waals surface area (Å²) in [4.78, 5) is 11.9. The molecule has 86 valence electrons. The average molecular weight is 248 g/mol. The van der Waals surface area contributed by atoms with Gasteiger partial charge in [0, 0.05) is 0 Å². The van der Waals surface area contributed by atoms with Gasteiger partial charge in [-0.3, -0.25) is 4.79 Å². The number of hydrogen-bond donors (Lipinski definition) is 2. The van der Waals surface area contributed by atoms with Crippen molar-refractivity contribution < 1.29 is 9.90 Å². The van der Waals surface area contributed by atoms with E-state index >= 15 is 0 Å². The number of halogens is 1. The van der Waals surface area contributed by atoms with Crippen molar-refractivity contribution in [3.05, 3.63) is 59.1 Å². The highest BCUT2D eigenvalue weighted by molar-refractivity contribution is 6.33. The maximum absolute atomic E-state index is 11.9. The maximum Gasteiger partial charge on any atom is 0.259 e. The van der Waals surface area contributed by atoms with E-state index in [1.165, 1.54) is 6.07 Å². The molecule has 17 heavy (non-hydrogen) atoms. The van der Waals surface area contributed by atoms with E-state index in [9.17, 15) is 9.90 Å². The van der Waals surface area contributed by atoms with Crippen molar-refractivity contribution in [1.82, 2.24) is 0 Å². The number of phenolic OH excluding ortho intramolecular Hbond substituents is 1. The molecule has 0 aliphatic carbocycles. The normalized spacial score (nSPS) is 9.94. The number of carbonyl (C=O) groups is 1. The fourth-order valence-corrected chi connectivity index (χ4v) is 1.60. The Morgan fingerprint density at radius 2 is 1.71 bits per heavy atom. The SMILES string of the molecule is O=C(Nc1ccccc1Cl)c1ccccc1O. The van der Waals surface area contributed by atoms with E-state index in [0.29, 0.717) is 10.7 Å². The summed E-state index contributed by atoms with van der Waals surface area (Å²) in [6.45, 7) is 0. The molecule has 0 saturated heterocycles. The minimum absolute atomic E-state index is 0.0583. The first kappa shape index (κ1) is 11.5. The summed E-state index contributed by atoms with van der Waals surface area (Å²) in [5.41, 5.74) is 0.731. The third-order valence-electron chi connectivity index (χ3n) is 2.27. The van der Waals surface area contributed by atoms with Gasteiger partial charge in [0.15, 0.2) is 0 Å². The van der Waals surface area contributed by atoms with E-state index in [0.717, 1.165) is 0 Å². The maximum atomic E-state index is 11.9. The van der Waals surface area contributed by atoms with Crippen molar-refractivity contribution in [2.45, 2.75) is 0 Å². The summed E-state index contributed by atoms with van der Waals surface area (Å²) in [5.74, 6) is -0.451. The summed E-state index contributed by atoms with van der Waals surface area (Å²) in [5, 5.41) is 12.6. The summed E-state index contributed by atoms with van der Waals surface area (Å²) in [6.07, 6.45) is 0. The Balaban J connectivity index is 2.24. The number of phenols is 1. The van der Waals surface area contributed by atoms with Crippen LogP contribution >= 0.6 is 11.6 Å². The Morgan fingerprint density at radius 1 is 1.06 bits per heavy atom. The van der Waals surface area contributed by atoms with Crippen molar-refractivity contribution in [3.8, 4) is 5.75 Å². The predicted molar refractivity (Wildman–Crippen MR) is 67.5 cm³/mol. The molecule has 2 aromatic rings. The lowest BCUT2D eigenvalue weighted by Gasteiger charge is -2.07. The van der Waals surface area contributed by atoms with Crippen molar-refractivity contribution in [2.75, 3.05) is 5.32 Å². The van der Waals surface area contributed by atoms with Crippen LogP contribution in [0.5, 0.6) is 5.75 Å². The summed E-state index contributed by atoms with van der Waals surface area (Å²) < 4.78 is 0. The van der Waals surface area contributed by atoms with Gasteiger partial charge in [-0.15, -0.1) is 0 Å². The molecule has 1 amide bonds. The topological polar surface area (TPSA) is 49.3 Å². The van der Waals surface area contributed by atoms with E-state index in [1.807, 2.05) is 0 Å². The van der Waals surface area contributed by atoms with Crippen molar-refractivity contribution in [1.29, 1.82) is 0 Å². The van der Waals surface area contributed by atoms with E-state index in [4.69, 9.17) is 11.6 Å². The number of rotatable bonds is 2. The lowest BCUT2D eigenvalue weighted by molar-refractivity contribution is 0.102. The van der Waals surface area contributed by atoms with Crippen LogP contribution in [0.25, 0.3) is 0 Å². The van der Waals surface area contributed by atoms with E-state index in [2.05, 4.69) is 5.32 Å². The van der Waals surface area contributed by atoms with Gasteiger partial charge in [-0.25, -0.2) is 0 Å². The van der Waals surface area contributed by atoms with Gasteiger partial charge < -0.3 is 10.4 Å². The molecule has 0 unspecified atom stereocenters. The first-order valence-corrected chi connectivity index (χ1v) is 5.40. The zero-order valence-corrected chi connectivity index (χ0v) is 9.61. The number of nitrogens with one attached hydrogen (secondary N) is 1. The van der Waals surface area contributed by atoms with Gasteiger partial charge in [-0.1, -0.05) is 35.9 Å². The third kappa shape index (κ3) is 2.57. The number of amides is 1. The second-order valence-electron chi connectivity index (χ2n) is 3.45. The predicted octanol–water partition coefficient (Wildman–Crippen LogP) is 3.30. The molecule has 0 fully saturated rings. The van der Waals surface area contributed by atoms with Gasteiger partial charge >= 0.3 is 0 Å². The number of benzene rings is 2. The van der Waals surface area contributed by atoms with Crippen LogP contribution in [0, 0.1) is 0 Å². The zero-order chi connectivity index (χ0) is 12.3. The summed E-state index contributed by atoms with van der Waals surface area (Å²) in [7, 11) is 0. The summed E-state index contributed by atoms with van der Waals surface area (Å²) >= 11 is 5.92. The Labute approximate surface area is 104 Å². The Morgan fingerprint density at radius 3 is 2.41 bits per heavy atom. The molecule has 0 aliphatic heterocycles. The largest absolute Gasteiger partial charge is 0.507 e. The minimum Gasteiger partial charge on any atom is -0.507 e. The van der Waals surface area contributed by atoms with E-state index < -0.39 is 5.91 Å². The smallest absolute Gasteiger partial charge is 0.259 e. The fourth-order valence-electron chi connectivity index (χ4n) is 1.42. The number of para-hydroxylation sites is 2. The lowest BCUT2D eigenvalue weighted by Crippen LogP contribution is -2.12. The Kier molecular flexibility index (Phi) is 3.30. The van der Waals surface area contributed by atoms with Gasteiger partial charge in [-0.2, -0.15) is 0 Å². The molecule has 0 aliphatic rings. The molecule has 2 aromatic carbocycles. The Hall–Kier alpha value is -2.00. The molecule has 0 heterocycles. The van der Waals surface area contributed by atoms with Crippen LogP contribution < -0.4 is 5.32 Å². The second-order valence-corrected chi connectivity index (χ2v) is 3.86. The van der Waals surface area contributed by atoms with Crippen LogP contribution in [0.3, 0.4) is 0 Å². The highest BCUT2D eigenvalue weighted by Crippen LogP contribution is 2.23. The highest BCUT2D eigenvalue weighted by Gasteiger charge is 2.11. The van der Waals surface area contributed by atoms with Crippen LogP contribution in [0.2, 0.25) is 5.02 Å². The second kappa shape index (κ2) is 4.89. The molecular weight excluding hydrogens is 238 g/mol. The summed E-state index contributed by atoms with van der Waals surface area (Å²) in [6, 6.07) is 13.3. The minimum atomic E-state index is -0.392. The molecule has 0 bridgehead atoms. The lowest BCUT2D eigenvalue weighted by atomic mass is 10.2. The molecule has 0 spiro atoms. The van der Waals surface area contributed by atoms with E-state index in [-0.39, 0.29) is 11.3 Å². The number of carbonyl (C=O) groups excluding carboxylic acids is 1. The molecule has 3 nitrogen and oxygen atoms in total. The van der Waals surface area contributed by atoms with Crippen LogP contribution in [0.1, 0.15) is 10.4 Å². The molecule has 0 radical (unpaired) electrons. The third-order valence-corrected chi connectivity index (χ3v) is 2.60. The van der Waals surface area contributed by atoms with Crippen LogP contribution in [0.15, 0.2) is 48.5 Å². The number of hydrogen-bond acceptors (Lipinski definition) is 2. The average Bonchev–Trinajstić information content (AvgIpc) is 2.32. The van der Waals surface area contributed by atoms with E-state index in [1.54, 1.807) is 42.5 Å². The van der Waals surface area contributed by atoms with Gasteiger partial charge in [0.1, 0.15) is 5.75 Å². The standard InChI is InChI=1S/C13H10ClNO2/c14-10-6-2-3-7-11(10)15-13(17)9-5-1-4-8-12(9)16/h1-8,16H,(H,15,17). The molecule has 4 heteroatoms. The molecule has 2 rings (SSSR count). The van der Waals surface area contributed by atoms with Crippen LogP contribution in [-0.4, -0.2) is 11.0 Å². The monoisotopic (exact) mass is 247 g/mol. The zero-order valence-electron chi connectivity index (χ0n) is 8.85. The molecule has 0 aromatic heterocycles. The van der Waals surface area contributed by atoms with Gasteiger partial charge in [0.2, 0.25) is 0 Å². The fraction of sp³-hybridized carbons (Fsp3) is 0.